The molecule has 0 aliphatic carbocycles. The molecule has 1 unspecified atom stereocenters. The van der Waals surface area contributed by atoms with Crippen molar-refractivity contribution in [1.82, 2.24) is 4.90 Å². The fraction of sp³-hybridized carbons (Fsp3) is 0.571. The fourth-order valence-corrected chi connectivity index (χ4v) is 2.86. The van der Waals surface area contributed by atoms with E-state index >= 15 is 0 Å². The first-order chi connectivity index (χ1) is 8.79. The van der Waals surface area contributed by atoms with Gasteiger partial charge < -0.3 is 14.6 Å². The molecule has 1 N–H and O–H groups in total. The number of aliphatic hydroxyl groups is 1. The highest BCUT2D eigenvalue weighted by Crippen LogP contribution is 2.39. The highest BCUT2D eigenvalue weighted by Gasteiger charge is 2.27. The third kappa shape index (κ3) is 1.95. The Kier molecular flexibility index (Phi) is 3.14. The van der Waals surface area contributed by atoms with E-state index in [1.807, 2.05) is 0 Å². The van der Waals surface area contributed by atoms with E-state index < -0.39 is 0 Å². The molecular formula is C14H19NO3. The lowest BCUT2D eigenvalue weighted by Gasteiger charge is -2.35. The van der Waals surface area contributed by atoms with Crippen molar-refractivity contribution in [2.75, 3.05) is 33.4 Å². The van der Waals surface area contributed by atoms with Crippen molar-refractivity contribution in [3.05, 3.63) is 23.3 Å². The lowest BCUT2D eigenvalue weighted by atomic mass is 9.90. The summed E-state index contributed by atoms with van der Waals surface area (Å²) in [7, 11) is 2.11. The molecule has 1 aromatic rings. The number of rotatable bonds is 2. The van der Waals surface area contributed by atoms with Gasteiger partial charge in [-0.05, 0) is 43.1 Å². The zero-order chi connectivity index (χ0) is 12.5. The Morgan fingerprint density at radius 3 is 2.72 bits per heavy atom. The normalized spacial score (nSPS) is 22.7. The molecule has 2 heterocycles. The lowest BCUT2D eigenvalue weighted by Crippen LogP contribution is -2.33. The van der Waals surface area contributed by atoms with Gasteiger partial charge in [-0.2, -0.15) is 0 Å². The molecule has 1 aromatic carbocycles. The van der Waals surface area contributed by atoms with Gasteiger partial charge in [0, 0.05) is 19.2 Å². The molecule has 0 fully saturated rings. The van der Waals surface area contributed by atoms with E-state index in [-0.39, 0.29) is 12.6 Å². The van der Waals surface area contributed by atoms with E-state index in [1.54, 1.807) is 0 Å². The molecule has 0 bridgehead atoms. The summed E-state index contributed by atoms with van der Waals surface area (Å²) >= 11 is 0. The van der Waals surface area contributed by atoms with E-state index in [0.717, 1.165) is 30.9 Å². The molecule has 3 rings (SSSR count). The molecule has 0 spiro atoms. The molecule has 4 nitrogen and oxygen atoms in total. The minimum Gasteiger partial charge on any atom is -0.486 e. The van der Waals surface area contributed by atoms with Crippen LogP contribution in [0.4, 0.5) is 0 Å². The van der Waals surface area contributed by atoms with Crippen LogP contribution >= 0.6 is 0 Å². The Morgan fingerprint density at radius 2 is 2.00 bits per heavy atom. The highest BCUT2D eigenvalue weighted by atomic mass is 16.6. The van der Waals surface area contributed by atoms with Crippen molar-refractivity contribution >= 4 is 0 Å². The van der Waals surface area contributed by atoms with Crippen LogP contribution < -0.4 is 9.47 Å². The van der Waals surface area contributed by atoms with Crippen LogP contribution in [0.25, 0.3) is 0 Å². The molecule has 0 radical (unpaired) electrons. The summed E-state index contributed by atoms with van der Waals surface area (Å²) in [5.74, 6) is 1.71. The van der Waals surface area contributed by atoms with Crippen LogP contribution in [0.3, 0.4) is 0 Å². The number of likely N-dealkylation sites (N-methyl/N-ethyl adjacent to an activating group) is 1. The van der Waals surface area contributed by atoms with Crippen LogP contribution in [0.5, 0.6) is 11.5 Å². The maximum atomic E-state index is 9.22. The topological polar surface area (TPSA) is 41.9 Å². The molecule has 4 heteroatoms. The SMILES string of the molecule is CN1CCc2cc3c(cc2C1CCO)OCCO3. The summed E-state index contributed by atoms with van der Waals surface area (Å²) in [4.78, 5) is 2.30. The maximum absolute atomic E-state index is 9.22. The monoisotopic (exact) mass is 249 g/mol. The number of aliphatic hydroxyl groups excluding tert-OH is 1. The predicted molar refractivity (Wildman–Crippen MR) is 68.2 cm³/mol. The van der Waals surface area contributed by atoms with Crippen molar-refractivity contribution in [1.29, 1.82) is 0 Å². The van der Waals surface area contributed by atoms with Gasteiger partial charge in [0.25, 0.3) is 0 Å². The van der Waals surface area contributed by atoms with Gasteiger partial charge in [-0.3, -0.25) is 4.90 Å². The molecule has 18 heavy (non-hydrogen) atoms. The first kappa shape index (κ1) is 11.8. The van der Waals surface area contributed by atoms with Gasteiger partial charge in [0.2, 0.25) is 0 Å². The van der Waals surface area contributed by atoms with E-state index in [4.69, 9.17) is 9.47 Å². The molecule has 0 saturated carbocycles. The number of hydrogen-bond acceptors (Lipinski definition) is 4. The van der Waals surface area contributed by atoms with Gasteiger partial charge in [-0.15, -0.1) is 0 Å². The Bertz CT molecular complexity index is 447. The molecule has 2 aliphatic heterocycles. The van der Waals surface area contributed by atoms with Gasteiger partial charge >= 0.3 is 0 Å². The Morgan fingerprint density at radius 1 is 1.28 bits per heavy atom. The third-order valence-electron chi connectivity index (χ3n) is 3.83. The highest BCUT2D eigenvalue weighted by molar-refractivity contribution is 5.50. The zero-order valence-electron chi connectivity index (χ0n) is 10.7. The van der Waals surface area contributed by atoms with E-state index in [0.29, 0.717) is 13.2 Å². The van der Waals surface area contributed by atoms with E-state index in [2.05, 4.69) is 24.1 Å². The lowest BCUT2D eigenvalue weighted by molar-refractivity contribution is 0.163. The third-order valence-corrected chi connectivity index (χ3v) is 3.83. The molecule has 0 amide bonds. The molecular weight excluding hydrogens is 230 g/mol. The van der Waals surface area contributed by atoms with Gasteiger partial charge in [0.1, 0.15) is 13.2 Å². The number of ether oxygens (including phenoxy) is 2. The van der Waals surface area contributed by atoms with Crippen LogP contribution in [-0.2, 0) is 6.42 Å². The van der Waals surface area contributed by atoms with Gasteiger partial charge in [-0.1, -0.05) is 0 Å². The zero-order valence-corrected chi connectivity index (χ0v) is 10.7. The summed E-state index contributed by atoms with van der Waals surface area (Å²) < 4.78 is 11.3. The van der Waals surface area contributed by atoms with Crippen LogP contribution in [-0.4, -0.2) is 43.4 Å². The first-order valence-corrected chi connectivity index (χ1v) is 6.53. The molecule has 2 aliphatic rings. The van der Waals surface area contributed by atoms with E-state index in [9.17, 15) is 5.11 Å². The van der Waals surface area contributed by atoms with Crippen LogP contribution in [0, 0.1) is 0 Å². The quantitative estimate of drug-likeness (QED) is 0.859. The second kappa shape index (κ2) is 4.78. The summed E-state index contributed by atoms with van der Waals surface area (Å²) in [5, 5.41) is 9.22. The molecule has 98 valence electrons. The van der Waals surface area contributed by atoms with Crippen LogP contribution in [0.1, 0.15) is 23.6 Å². The van der Waals surface area contributed by atoms with Gasteiger partial charge in [-0.25, -0.2) is 0 Å². The number of nitrogens with zero attached hydrogens (tertiary/aromatic N) is 1. The summed E-state index contributed by atoms with van der Waals surface area (Å²) in [6, 6.07) is 4.50. The van der Waals surface area contributed by atoms with E-state index in [1.165, 1.54) is 11.1 Å². The molecule has 1 atom stereocenters. The fourth-order valence-electron chi connectivity index (χ4n) is 2.86. The summed E-state index contributed by atoms with van der Waals surface area (Å²) in [6.45, 7) is 2.48. The number of fused-ring (bicyclic) bond motifs is 2. The van der Waals surface area contributed by atoms with Crippen molar-refractivity contribution in [3.63, 3.8) is 0 Å². The average Bonchev–Trinajstić information content (AvgIpc) is 2.40. The van der Waals surface area contributed by atoms with Crippen molar-refractivity contribution in [2.24, 2.45) is 0 Å². The average molecular weight is 249 g/mol. The maximum Gasteiger partial charge on any atom is 0.161 e. The number of benzene rings is 1. The second-order valence-electron chi connectivity index (χ2n) is 4.95. The standard InChI is InChI=1S/C14H19NO3/c1-15-4-2-10-8-13-14(18-7-6-17-13)9-11(10)12(15)3-5-16/h8-9,12,16H,2-7H2,1H3. The number of hydrogen-bond donors (Lipinski definition) is 1. The largest absolute Gasteiger partial charge is 0.486 e. The van der Waals surface area contributed by atoms with Gasteiger partial charge in [0.05, 0.1) is 0 Å². The Hall–Kier alpha value is -1.26. The molecule has 0 saturated heterocycles. The summed E-state index contributed by atoms with van der Waals surface area (Å²) in [6.07, 6.45) is 1.80. The first-order valence-electron chi connectivity index (χ1n) is 6.53. The second-order valence-corrected chi connectivity index (χ2v) is 4.95. The van der Waals surface area contributed by atoms with Crippen molar-refractivity contribution in [2.45, 2.75) is 18.9 Å². The Balaban J connectivity index is 2.01. The van der Waals surface area contributed by atoms with Crippen molar-refractivity contribution in [3.8, 4) is 11.5 Å². The predicted octanol–water partition coefficient (Wildman–Crippen LogP) is 1.37. The Labute approximate surface area is 107 Å². The molecule has 0 aromatic heterocycles. The van der Waals surface area contributed by atoms with Crippen molar-refractivity contribution < 1.29 is 14.6 Å². The van der Waals surface area contributed by atoms with Crippen LogP contribution in [0.2, 0.25) is 0 Å². The summed E-state index contributed by atoms with van der Waals surface area (Å²) in [5.41, 5.74) is 2.61. The van der Waals surface area contributed by atoms with Crippen LogP contribution in [0.15, 0.2) is 12.1 Å². The van der Waals surface area contributed by atoms with Gasteiger partial charge in [0.15, 0.2) is 11.5 Å². The minimum atomic E-state index is 0.211. The minimum absolute atomic E-state index is 0.211. The smallest absolute Gasteiger partial charge is 0.161 e.